The van der Waals surface area contributed by atoms with Crippen molar-refractivity contribution in [1.82, 2.24) is 15.2 Å². The molecule has 0 unspecified atom stereocenters. The van der Waals surface area contributed by atoms with Gasteiger partial charge in [0.15, 0.2) is 0 Å². The van der Waals surface area contributed by atoms with Crippen LogP contribution in [0.15, 0.2) is 72.8 Å². The molecule has 4 N–H and O–H groups in total. The Morgan fingerprint density at radius 3 is 2.38 bits per heavy atom. The van der Waals surface area contributed by atoms with Crippen molar-refractivity contribution in [3.8, 4) is 0 Å². The largest absolute Gasteiger partial charge is 0.481 e. The lowest BCUT2D eigenvalue weighted by molar-refractivity contribution is -0.145. The molecule has 4 amide bonds. The van der Waals surface area contributed by atoms with Gasteiger partial charge in [-0.25, -0.2) is 14.5 Å². The highest BCUT2D eigenvalue weighted by molar-refractivity contribution is 6.24. The number of nitrogens with zero attached hydrogens (tertiary/aromatic N) is 2. The first-order valence-corrected chi connectivity index (χ1v) is 13.3. The Bertz CT molecular complexity index is 1780. The number of aryl methyl sites for hydroxylation is 1. The third kappa shape index (κ3) is 4.35. The van der Waals surface area contributed by atoms with E-state index in [1.54, 1.807) is 6.07 Å². The zero-order chi connectivity index (χ0) is 29.7. The number of H-pyrrole nitrogens is 1. The first-order chi connectivity index (χ1) is 20.2. The van der Waals surface area contributed by atoms with Gasteiger partial charge in [-0.05, 0) is 36.2 Å². The highest BCUT2D eigenvalue weighted by Gasteiger charge is 2.53. The Kier molecular flexibility index (Phi) is 6.49. The predicted molar refractivity (Wildman–Crippen MR) is 151 cm³/mol. The Morgan fingerprint density at radius 2 is 1.67 bits per heavy atom. The van der Waals surface area contributed by atoms with Gasteiger partial charge in [0.05, 0.1) is 17.7 Å². The molecular formula is C31H26N4O7. The molecule has 3 aromatic carbocycles. The van der Waals surface area contributed by atoms with Crippen molar-refractivity contribution in [2.75, 3.05) is 4.90 Å². The minimum absolute atomic E-state index is 0.0185. The maximum Gasteiger partial charge on any atom is 0.332 e. The van der Waals surface area contributed by atoms with Crippen LogP contribution < -0.4 is 10.2 Å². The summed E-state index contributed by atoms with van der Waals surface area (Å²) < 4.78 is 0. The number of fused-ring (bicyclic) bond motifs is 4. The molecule has 4 aromatic rings. The van der Waals surface area contributed by atoms with Gasteiger partial charge in [0.25, 0.3) is 11.8 Å². The Morgan fingerprint density at radius 1 is 0.976 bits per heavy atom. The summed E-state index contributed by atoms with van der Waals surface area (Å²) in [5.41, 5.74) is 4.34. The van der Waals surface area contributed by atoms with E-state index in [0.717, 1.165) is 38.2 Å². The van der Waals surface area contributed by atoms with E-state index < -0.39 is 54.3 Å². The molecule has 6 rings (SSSR count). The lowest BCUT2D eigenvalue weighted by Crippen LogP contribution is -2.44. The second-order valence-electron chi connectivity index (χ2n) is 10.4. The number of amides is 4. The Hall–Kier alpha value is -5.45. The third-order valence-corrected chi connectivity index (χ3v) is 7.81. The van der Waals surface area contributed by atoms with E-state index in [2.05, 4.69) is 10.3 Å². The number of imide groups is 1. The van der Waals surface area contributed by atoms with Gasteiger partial charge in [0, 0.05) is 23.0 Å². The molecule has 0 radical (unpaired) electrons. The molecule has 0 spiro atoms. The standard InChI is InChI=1S/C31H26N4O7/c1-16-10-12-17(13-11-16)27-26-20(18-6-2-4-8-21(18)32-26)14-24-29(39)35(31(42)34(24)27)23-9-5-3-7-19(23)28(38)33-22(30(40)41)15-25(36)37/h2-13,22,24,27,32H,14-15H2,1H3,(H,33,38)(H,36,37)(H,40,41)/t22-,24-,27+/m0/s1. The molecule has 3 heterocycles. The van der Waals surface area contributed by atoms with E-state index >= 15 is 0 Å². The molecule has 2 aliphatic rings. The number of anilines is 1. The SMILES string of the molecule is Cc1ccc([C@@H]2c3[nH]c4ccccc4c3C[C@H]3C(=O)N(c4ccccc4C(=O)N[C@@H](CC(=O)O)C(=O)O)C(=O)N23)cc1. The number of carboxylic acid groups (broad SMARTS) is 2. The first kappa shape index (κ1) is 26.8. The van der Waals surface area contributed by atoms with Gasteiger partial charge in [-0.2, -0.15) is 0 Å². The van der Waals surface area contributed by atoms with Gasteiger partial charge in [-0.15, -0.1) is 0 Å². The number of nitrogens with one attached hydrogen (secondary N) is 2. The molecule has 212 valence electrons. The summed E-state index contributed by atoms with van der Waals surface area (Å²) in [5, 5.41) is 21.6. The van der Waals surface area contributed by atoms with Crippen molar-refractivity contribution in [1.29, 1.82) is 0 Å². The number of para-hydroxylation sites is 2. The van der Waals surface area contributed by atoms with Crippen LogP contribution in [0.5, 0.6) is 0 Å². The van der Waals surface area contributed by atoms with Crippen molar-refractivity contribution in [2.24, 2.45) is 0 Å². The predicted octanol–water partition coefficient (Wildman–Crippen LogP) is 3.62. The van der Waals surface area contributed by atoms with Crippen LogP contribution in [0.3, 0.4) is 0 Å². The molecule has 1 fully saturated rings. The van der Waals surface area contributed by atoms with Crippen LogP contribution in [-0.4, -0.2) is 62.0 Å². The molecule has 0 bridgehead atoms. The Labute approximate surface area is 239 Å². The van der Waals surface area contributed by atoms with Crippen molar-refractivity contribution in [3.05, 3.63) is 101 Å². The molecule has 1 saturated heterocycles. The van der Waals surface area contributed by atoms with E-state index in [1.165, 1.54) is 23.1 Å². The summed E-state index contributed by atoms with van der Waals surface area (Å²) in [4.78, 5) is 70.1. The van der Waals surface area contributed by atoms with E-state index in [9.17, 15) is 29.1 Å². The number of urea groups is 1. The second kappa shape index (κ2) is 10.2. The molecule has 0 aliphatic carbocycles. The number of carbonyl (C=O) groups is 5. The fraction of sp³-hybridized carbons (Fsp3) is 0.194. The van der Waals surface area contributed by atoms with Gasteiger partial charge in [0.2, 0.25) is 0 Å². The lowest BCUT2D eigenvalue weighted by atomic mass is 9.88. The summed E-state index contributed by atoms with van der Waals surface area (Å²) in [7, 11) is 0. The molecule has 0 saturated carbocycles. The summed E-state index contributed by atoms with van der Waals surface area (Å²) in [6, 6.07) is 17.6. The zero-order valence-corrected chi connectivity index (χ0v) is 22.4. The Balaban J connectivity index is 1.42. The zero-order valence-electron chi connectivity index (χ0n) is 22.4. The van der Waals surface area contributed by atoms with Crippen LogP contribution in [0.4, 0.5) is 10.5 Å². The first-order valence-electron chi connectivity index (χ1n) is 13.3. The third-order valence-electron chi connectivity index (χ3n) is 7.81. The summed E-state index contributed by atoms with van der Waals surface area (Å²) in [6.45, 7) is 1.96. The maximum atomic E-state index is 14.2. The molecule has 42 heavy (non-hydrogen) atoms. The number of benzene rings is 3. The molecule has 1 aromatic heterocycles. The van der Waals surface area contributed by atoms with Crippen LogP contribution in [-0.2, 0) is 20.8 Å². The maximum absolute atomic E-state index is 14.2. The van der Waals surface area contributed by atoms with Gasteiger partial charge in [0.1, 0.15) is 18.1 Å². The van der Waals surface area contributed by atoms with Crippen LogP contribution >= 0.6 is 0 Å². The van der Waals surface area contributed by atoms with Crippen molar-refractivity contribution in [3.63, 3.8) is 0 Å². The highest BCUT2D eigenvalue weighted by atomic mass is 16.4. The summed E-state index contributed by atoms with van der Waals surface area (Å²) in [5.74, 6) is -4.37. The summed E-state index contributed by atoms with van der Waals surface area (Å²) >= 11 is 0. The number of aromatic amines is 1. The number of aromatic nitrogens is 1. The van der Waals surface area contributed by atoms with Gasteiger partial charge < -0.3 is 20.5 Å². The minimum atomic E-state index is -1.70. The summed E-state index contributed by atoms with van der Waals surface area (Å²) in [6.07, 6.45) is -0.582. The van der Waals surface area contributed by atoms with E-state index in [-0.39, 0.29) is 17.7 Å². The number of aliphatic carboxylic acids is 2. The normalized spacial score (nSPS) is 18.5. The van der Waals surface area contributed by atoms with Crippen LogP contribution in [0.25, 0.3) is 10.9 Å². The average Bonchev–Trinajstić information content (AvgIpc) is 3.46. The lowest BCUT2D eigenvalue weighted by Gasteiger charge is -2.36. The number of carbonyl (C=O) groups excluding carboxylic acids is 3. The highest BCUT2D eigenvalue weighted by Crippen LogP contribution is 2.45. The quantitative estimate of drug-likeness (QED) is 0.249. The number of hydrogen-bond donors (Lipinski definition) is 4. The fourth-order valence-corrected chi connectivity index (χ4v) is 5.86. The average molecular weight is 567 g/mol. The topological polar surface area (TPSA) is 160 Å². The van der Waals surface area contributed by atoms with Crippen LogP contribution in [0.2, 0.25) is 0 Å². The molecule has 11 heteroatoms. The molecule has 11 nitrogen and oxygen atoms in total. The molecule has 3 atom stereocenters. The number of carboxylic acids is 2. The van der Waals surface area contributed by atoms with Crippen LogP contribution in [0, 0.1) is 6.92 Å². The van der Waals surface area contributed by atoms with E-state index in [1.807, 2.05) is 55.5 Å². The van der Waals surface area contributed by atoms with Crippen molar-refractivity contribution in [2.45, 2.75) is 37.9 Å². The van der Waals surface area contributed by atoms with Crippen LogP contribution in [0.1, 0.15) is 45.2 Å². The second-order valence-corrected chi connectivity index (χ2v) is 10.4. The smallest absolute Gasteiger partial charge is 0.332 e. The van der Waals surface area contributed by atoms with Crippen molar-refractivity contribution >= 4 is 46.4 Å². The van der Waals surface area contributed by atoms with Gasteiger partial charge in [-0.3, -0.25) is 19.3 Å². The monoisotopic (exact) mass is 566 g/mol. The van der Waals surface area contributed by atoms with Gasteiger partial charge >= 0.3 is 18.0 Å². The van der Waals surface area contributed by atoms with Crippen molar-refractivity contribution < 1.29 is 34.2 Å². The molecule has 2 aliphatic heterocycles. The van der Waals surface area contributed by atoms with E-state index in [0.29, 0.717) is 0 Å². The minimum Gasteiger partial charge on any atom is -0.481 e. The van der Waals surface area contributed by atoms with E-state index in [4.69, 9.17) is 5.11 Å². The molecular weight excluding hydrogens is 540 g/mol. The van der Waals surface area contributed by atoms with Gasteiger partial charge in [-0.1, -0.05) is 60.2 Å². The number of hydrogen-bond acceptors (Lipinski definition) is 5. The number of rotatable bonds is 7. The fourth-order valence-electron chi connectivity index (χ4n) is 5.86.